The van der Waals surface area contributed by atoms with Crippen LogP contribution in [0.15, 0.2) is 54.7 Å². The van der Waals surface area contributed by atoms with Gasteiger partial charge in [0.1, 0.15) is 5.82 Å². The standard InChI is InChI=1S/C20H20ClFN4O/c1-14(27)24-11-10-23-12-15-13-26(17-8-6-16(22)7-9-17)25-20(15)18-4-2-3-5-19(18)21/h2-9,13,23H,10-12H2,1H3,(H,24,27). The second kappa shape index (κ2) is 8.79. The fourth-order valence-corrected chi connectivity index (χ4v) is 2.92. The summed E-state index contributed by atoms with van der Waals surface area (Å²) in [5.41, 5.74) is 3.31. The molecule has 0 aliphatic carbocycles. The molecule has 1 aromatic heterocycles. The Labute approximate surface area is 162 Å². The zero-order chi connectivity index (χ0) is 19.2. The average molecular weight is 387 g/mol. The van der Waals surface area contributed by atoms with E-state index in [0.29, 0.717) is 24.7 Å². The second-order valence-electron chi connectivity index (χ2n) is 6.06. The molecule has 0 radical (unpaired) electrons. The van der Waals surface area contributed by atoms with Gasteiger partial charge in [0, 0.05) is 43.9 Å². The van der Waals surface area contributed by atoms with Crippen LogP contribution < -0.4 is 10.6 Å². The van der Waals surface area contributed by atoms with Crippen LogP contribution in [0.3, 0.4) is 0 Å². The van der Waals surface area contributed by atoms with E-state index in [2.05, 4.69) is 15.7 Å². The Kier molecular flexibility index (Phi) is 6.21. The highest BCUT2D eigenvalue weighted by molar-refractivity contribution is 6.33. The van der Waals surface area contributed by atoms with Gasteiger partial charge >= 0.3 is 0 Å². The summed E-state index contributed by atoms with van der Waals surface area (Å²) in [5.74, 6) is -0.352. The zero-order valence-electron chi connectivity index (χ0n) is 14.9. The number of hydrogen-bond donors (Lipinski definition) is 2. The summed E-state index contributed by atoms with van der Waals surface area (Å²) in [4.78, 5) is 10.9. The van der Waals surface area contributed by atoms with Crippen molar-refractivity contribution in [3.63, 3.8) is 0 Å². The molecule has 7 heteroatoms. The zero-order valence-corrected chi connectivity index (χ0v) is 15.6. The molecule has 0 spiro atoms. The van der Waals surface area contributed by atoms with E-state index < -0.39 is 0 Å². The Hall–Kier alpha value is -2.70. The van der Waals surface area contributed by atoms with Crippen LogP contribution in [0.4, 0.5) is 4.39 Å². The minimum Gasteiger partial charge on any atom is -0.355 e. The van der Waals surface area contributed by atoms with Crippen molar-refractivity contribution in [3.05, 3.63) is 71.1 Å². The molecular weight excluding hydrogens is 367 g/mol. The van der Waals surface area contributed by atoms with Crippen molar-refractivity contribution in [2.24, 2.45) is 0 Å². The number of benzene rings is 2. The lowest BCUT2D eigenvalue weighted by Crippen LogP contribution is -2.29. The summed E-state index contributed by atoms with van der Waals surface area (Å²) >= 11 is 6.36. The average Bonchev–Trinajstić information content (AvgIpc) is 3.06. The molecule has 0 unspecified atom stereocenters. The lowest BCUT2D eigenvalue weighted by atomic mass is 10.1. The maximum absolute atomic E-state index is 13.2. The van der Waals surface area contributed by atoms with Crippen molar-refractivity contribution in [3.8, 4) is 16.9 Å². The number of hydrogen-bond acceptors (Lipinski definition) is 3. The molecule has 0 aliphatic rings. The number of halogens is 2. The second-order valence-corrected chi connectivity index (χ2v) is 6.47. The van der Waals surface area contributed by atoms with Gasteiger partial charge in [-0.25, -0.2) is 9.07 Å². The molecule has 2 aromatic carbocycles. The molecule has 2 N–H and O–H groups in total. The van der Waals surface area contributed by atoms with E-state index >= 15 is 0 Å². The van der Waals surface area contributed by atoms with Crippen molar-refractivity contribution in [1.29, 1.82) is 0 Å². The molecule has 5 nitrogen and oxygen atoms in total. The van der Waals surface area contributed by atoms with Gasteiger partial charge in [-0.1, -0.05) is 29.8 Å². The van der Waals surface area contributed by atoms with E-state index in [-0.39, 0.29) is 11.7 Å². The number of aromatic nitrogens is 2. The largest absolute Gasteiger partial charge is 0.355 e. The lowest BCUT2D eigenvalue weighted by Gasteiger charge is -2.06. The quantitative estimate of drug-likeness (QED) is 0.610. The van der Waals surface area contributed by atoms with Crippen molar-refractivity contribution >= 4 is 17.5 Å². The minimum absolute atomic E-state index is 0.0577. The number of carbonyl (C=O) groups is 1. The summed E-state index contributed by atoms with van der Waals surface area (Å²) in [6, 6.07) is 13.7. The molecule has 3 aromatic rings. The van der Waals surface area contributed by atoms with Gasteiger partial charge in [0.05, 0.1) is 16.4 Å². The normalized spacial score (nSPS) is 10.8. The smallest absolute Gasteiger partial charge is 0.216 e. The fraction of sp³-hybridized carbons (Fsp3) is 0.200. The molecule has 0 bridgehead atoms. The van der Waals surface area contributed by atoms with E-state index in [9.17, 15) is 9.18 Å². The Morgan fingerprint density at radius 3 is 2.59 bits per heavy atom. The van der Waals surface area contributed by atoms with Crippen LogP contribution in [0, 0.1) is 5.82 Å². The van der Waals surface area contributed by atoms with E-state index in [1.165, 1.54) is 19.1 Å². The maximum atomic E-state index is 13.2. The number of amides is 1. The first kappa shape index (κ1) is 19.1. The van der Waals surface area contributed by atoms with Crippen molar-refractivity contribution in [2.75, 3.05) is 13.1 Å². The van der Waals surface area contributed by atoms with Crippen LogP contribution in [0.25, 0.3) is 16.9 Å². The monoisotopic (exact) mass is 386 g/mol. The molecule has 0 aliphatic heterocycles. The van der Waals surface area contributed by atoms with Crippen molar-refractivity contribution in [1.82, 2.24) is 20.4 Å². The first-order valence-electron chi connectivity index (χ1n) is 8.59. The van der Waals surface area contributed by atoms with Gasteiger partial charge in [0.2, 0.25) is 5.91 Å². The topological polar surface area (TPSA) is 59.0 Å². The highest BCUT2D eigenvalue weighted by Crippen LogP contribution is 2.30. The van der Waals surface area contributed by atoms with Crippen LogP contribution in [-0.2, 0) is 11.3 Å². The highest BCUT2D eigenvalue weighted by atomic mass is 35.5. The minimum atomic E-state index is -0.294. The molecule has 27 heavy (non-hydrogen) atoms. The van der Waals surface area contributed by atoms with Gasteiger partial charge < -0.3 is 10.6 Å². The molecule has 0 saturated heterocycles. The van der Waals surface area contributed by atoms with Crippen molar-refractivity contribution in [2.45, 2.75) is 13.5 Å². The molecule has 3 rings (SSSR count). The van der Waals surface area contributed by atoms with Crippen molar-refractivity contribution < 1.29 is 9.18 Å². The fourth-order valence-electron chi connectivity index (χ4n) is 2.70. The summed E-state index contributed by atoms with van der Waals surface area (Å²) in [7, 11) is 0. The van der Waals surface area contributed by atoms with E-state index in [1.807, 2.05) is 30.5 Å². The molecular formula is C20H20ClFN4O. The molecule has 0 saturated carbocycles. The number of nitrogens with one attached hydrogen (secondary N) is 2. The summed E-state index contributed by atoms with van der Waals surface area (Å²) in [6.45, 7) is 3.22. The molecule has 0 atom stereocenters. The van der Waals surface area contributed by atoms with E-state index in [4.69, 9.17) is 11.6 Å². The predicted molar refractivity (Wildman–Crippen MR) is 104 cm³/mol. The van der Waals surface area contributed by atoms with Crippen LogP contribution in [0.1, 0.15) is 12.5 Å². The lowest BCUT2D eigenvalue weighted by molar-refractivity contribution is -0.118. The third-order valence-corrected chi connectivity index (χ3v) is 4.33. The maximum Gasteiger partial charge on any atom is 0.216 e. The Morgan fingerprint density at radius 1 is 1.15 bits per heavy atom. The summed E-state index contributed by atoms with van der Waals surface area (Å²) in [6.07, 6.45) is 1.90. The number of nitrogens with zero attached hydrogens (tertiary/aromatic N) is 2. The van der Waals surface area contributed by atoms with Crippen LogP contribution in [-0.4, -0.2) is 28.8 Å². The number of rotatable bonds is 7. The van der Waals surface area contributed by atoms with Crippen LogP contribution >= 0.6 is 11.6 Å². The predicted octanol–water partition coefficient (Wildman–Crippen LogP) is 3.56. The van der Waals surface area contributed by atoms with Gasteiger partial charge in [-0.2, -0.15) is 5.10 Å². The third kappa shape index (κ3) is 4.93. The van der Waals surface area contributed by atoms with Crippen LogP contribution in [0.2, 0.25) is 5.02 Å². The van der Waals surface area contributed by atoms with Crippen LogP contribution in [0.5, 0.6) is 0 Å². The van der Waals surface area contributed by atoms with Gasteiger partial charge in [-0.15, -0.1) is 0 Å². The number of carbonyl (C=O) groups excluding carboxylic acids is 1. The summed E-state index contributed by atoms with van der Waals surface area (Å²) < 4.78 is 14.9. The highest BCUT2D eigenvalue weighted by Gasteiger charge is 2.14. The van der Waals surface area contributed by atoms with E-state index in [0.717, 1.165) is 22.5 Å². The molecule has 140 valence electrons. The van der Waals surface area contributed by atoms with Gasteiger partial charge in [-0.05, 0) is 30.3 Å². The van der Waals surface area contributed by atoms with Gasteiger partial charge in [-0.3, -0.25) is 4.79 Å². The SMILES string of the molecule is CC(=O)NCCNCc1cn(-c2ccc(F)cc2)nc1-c1ccccc1Cl. The summed E-state index contributed by atoms with van der Waals surface area (Å²) in [5, 5.41) is 11.3. The first-order chi connectivity index (χ1) is 13.0. The van der Waals surface area contributed by atoms with Gasteiger partial charge in [0.25, 0.3) is 0 Å². The Balaban J connectivity index is 1.86. The molecule has 1 amide bonds. The Bertz CT molecular complexity index is 924. The molecule has 0 fully saturated rings. The molecule has 1 heterocycles. The first-order valence-corrected chi connectivity index (χ1v) is 8.97. The third-order valence-electron chi connectivity index (χ3n) is 4.00. The van der Waals surface area contributed by atoms with Gasteiger partial charge in [0.15, 0.2) is 0 Å². The Morgan fingerprint density at radius 2 is 1.89 bits per heavy atom. The van der Waals surface area contributed by atoms with E-state index in [1.54, 1.807) is 16.8 Å².